The minimum atomic E-state index is -1.09. The maximum Gasteiger partial charge on any atom is 0.338 e. The molecule has 0 saturated heterocycles. The smallest absolute Gasteiger partial charge is 0.338 e. The van der Waals surface area contributed by atoms with Gasteiger partial charge in [-0.3, -0.25) is 9.59 Å². The third kappa shape index (κ3) is 4.71. The maximum absolute atomic E-state index is 12.3. The van der Waals surface area contributed by atoms with Crippen LogP contribution < -0.4 is 10.6 Å². The number of amides is 2. The van der Waals surface area contributed by atoms with Gasteiger partial charge in [-0.25, -0.2) is 9.78 Å². The molecule has 0 saturated carbocycles. The van der Waals surface area contributed by atoms with E-state index in [4.69, 9.17) is 27.9 Å². The summed E-state index contributed by atoms with van der Waals surface area (Å²) < 4.78 is 5.18. The van der Waals surface area contributed by atoms with E-state index < -0.39 is 18.0 Å². The van der Waals surface area contributed by atoms with Gasteiger partial charge in [-0.15, -0.1) is 11.8 Å². The molecule has 140 valence electrons. The average molecular weight is 426 g/mol. The Labute approximate surface area is 168 Å². The van der Waals surface area contributed by atoms with Gasteiger partial charge in [-0.2, -0.15) is 0 Å². The van der Waals surface area contributed by atoms with Crippen molar-refractivity contribution in [2.45, 2.75) is 17.9 Å². The van der Waals surface area contributed by atoms with Gasteiger partial charge in [0, 0.05) is 11.1 Å². The number of nitrogens with zero attached hydrogens (tertiary/aromatic N) is 1. The lowest BCUT2D eigenvalue weighted by atomic mass is 10.2. The predicted molar refractivity (Wildman–Crippen MR) is 104 cm³/mol. The molecule has 0 aliphatic carbocycles. The van der Waals surface area contributed by atoms with E-state index in [-0.39, 0.29) is 22.3 Å². The van der Waals surface area contributed by atoms with E-state index in [0.717, 1.165) is 4.90 Å². The molecule has 27 heavy (non-hydrogen) atoms. The molecule has 0 radical (unpaired) electrons. The Morgan fingerprint density at radius 3 is 2.85 bits per heavy atom. The standard InChI is InChI=1S/C17H13Cl2N3O4S/c1-8(16(24)22-15-11(19)5-10(18)6-20-15)26-17(25)9-2-3-13-12(4-9)21-14(23)7-27-13/h2-6,8H,7H2,1H3,(H,21,23)(H,20,22,24). The number of aromatic nitrogens is 1. The number of carbonyl (C=O) groups is 3. The Balaban J connectivity index is 1.65. The van der Waals surface area contributed by atoms with Crippen molar-refractivity contribution in [3.63, 3.8) is 0 Å². The van der Waals surface area contributed by atoms with Gasteiger partial charge >= 0.3 is 5.97 Å². The Kier molecular flexibility index (Phi) is 5.88. The second-order valence-corrected chi connectivity index (χ2v) is 7.43. The molecular weight excluding hydrogens is 413 g/mol. The summed E-state index contributed by atoms with van der Waals surface area (Å²) in [6, 6.07) is 6.25. The third-order valence-corrected chi connectivity index (χ3v) is 5.12. The van der Waals surface area contributed by atoms with Crippen molar-refractivity contribution < 1.29 is 19.1 Å². The summed E-state index contributed by atoms with van der Waals surface area (Å²) in [6.07, 6.45) is 0.241. The van der Waals surface area contributed by atoms with E-state index in [1.54, 1.807) is 12.1 Å². The number of nitrogens with one attached hydrogen (secondary N) is 2. The summed E-state index contributed by atoms with van der Waals surface area (Å²) >= 11 is 13.1. The maximum atomic E-state index is 12.3. The van der Waals surface area contributed by atoms with Crippen LogP contribution in [0.5, 0.6) is 0 Å². The number of benzene rings is 1. The molecule has 1 aliphatic heterocycles. The van der Waals surface area contributed by atoms with Crippen LogP contribution in [0.2, 0.25) is 10.0 Å². The first kappa shape index (κ1) is 19.5. The molecule has 7 nitrogen and oxygen atoms in total. The van der Waals surface area contributed by atoms with E-state index in [2.05, 4.69) is 15.6 Å². The molecule has 0 fully saturated rings. The number of esters is 1. The highest BCUT2D eigenvalue weighted by molar-refractivity contribution is 8.00. The van der Waals surface area contributed by atoms with Gasteiger partial charge in [0.1, 0.15) is 0 Å². The van der Waals surface area contributed by atoms with E-state index in [1.807, 2.05) is 0 Å². The van der Waals surface area contributed by atoms with Gasteiger partial charge in [0.2, 0.25) is 5.91 Å². The molecule has 2 heterocycles. The number of hydrogen-bond acceptors (Lipinski definition) is 6. The van der Waals surface area contributed by atoms with Crippen LogP contribution in [0.3, 0.4) is 0 Å². The predicted octanol–water partition coefficient (Wildman–Crippen LogP) is 3.62. The fourth-order valence-corrected chi connectivity index (χ4v) is 3.43. The highest BCUT2D eigenvalue weighted by Crippen LogP contribution is 2.32. The highest BCUT2D eigenvalue weighted by Gasteiger charge is 2.22. The average Bonchev–Trinajstić information content (AvgIpc) is 2.63. The Morgan fingerprint density at radius 1 is 1.33 bits per heavy atom. The Morgan fingerprint density at radius 2 is 2.11 bits per heavy atom. The number of fused-ring (bicyclic) bond motifs is 1. The van der Waals surface area contributed by atoms with Crippen LogP contribution in [-0.4, -0.2) is 34.6 Å². The lowest BCUT2D eigenvalue weighted by molar-refractivity contribution is -0.123. The molecule has 2 N–H and O–H groups in total. The van der Waals surface area contributed by atoms with E-state index >= 15 is 0 Å². The summed E-state index contributed by atoms with van der Waals surface area (Å²) in [5.74, 6) is -0.988. The van der Waals surface area contributed by atoms with E-state index in [0.29, 0.717) is 16.5 Å². The van der Waals surface area contributed by atoms with Gasteiger partial charge in [0.25, 0.3) is 5.91 Å². The van der Waals surface area contributed by atoms with Crippen molar-refractivity contribution >= 4 is 64.3 Å². The van der Waals surface area contributed by atoms with Crippen LogP contribution in [0, 0.1) is 0 Å². The molecular formula is C17H13Cl2N3O4S. The zero-order valence-electron chi connectivity index (χ0n) is 13.9. The van der Waals surface area contributed by atoms with Crippen molar-refractivity contribution in [1.82, 2.24) is 4.98 Å². The van der Waals surface area contributed by atoms with Crippen LogP contribution in [-0.2, 0) is 14.3 Å². The van der Waals surface area contributed by atoms with Crippen LogP contribution in [0.25, 0.3) is 0 Å². The number of thioether (sulfide) groups is 1. The van der Waals surface area contributed by atoms with Crippen molar-refractivity contribution in [2.75, 3.05) is 16.4 Å². The largest absolute Gasteiger partial charge is 0.449 e. The van der Waals surface area contributed by atoms with Crippen molar-refractivity contribution in [3.05, 3.63) is 46.1 Å². The molecule has 0 bridgehead atoms. The highest BCUT2D eigenvalue weighted by atomic mass is 35.5. The van der Waals surface area contributed by atoms with Crippen LogP contribution >= 0.6 is 35.0 Å². The van der Waals surface area contributed by atoms with E-state index in [1.165, 1.54) is 37.0 Å². The van der Waals surface area contributed by atoms with Gasteiger partial charge in [-0.05, 0) is 31.2 Å². The zero-order chi connectivity index (χ0) is 19.6. The molecule has 1 aromatic heterocycles. The summed E-state index contributed by atoms with van der Waals surface area (Å²) in [7, 11) is 0. The lowest BCUT2D eigenvalue weighted by Gasteiger charge is -2.17. The first-order valence-corrected chi connectivity index (χ1v) is 9.47. The van der Waals surface area contributed by atoms with E-state index in [9.17, 15) is 14.4 Å². The van der Waals surface area contributed by atoms with Crippen molar-refractivity contribution in [2.24, 2.45) is 0 Å². The molecule has 2 amide bonds. The molecule has 0 spiro atoms. The van der Waals surface area contributed by atoms with Crippen LogP contribution in [0.1, 0.15) is 17.3 Å². The minimum Gasteiger partial charge on any atom is -0.449 e. The lowest BCUT2D eigenvalue weighted by Crippen LogP contribution is -2.30. The van der Waals surface area contributed by atoms with Gasteiger partial charge < -0.3 is 15.4 Å². The number of halogens is 2. The summed E-state index contributed by atoms with van der Waals surface area (Å²) in [6.45, 7) is 1.42. The Bertz CT molecular complexity index is 938. The topological polar surface area (TPSA) is 97.4 Å². The molecule has 2 aromatic rings. The zero-order valence-corrected chi connectivity index (χ0v) is 16.2. The van der Waals surface area contributed by atoms with Gasteiger partial charge in [0.15, 0.2) is 11.9 Å². The number of ether oxygens (including phenoxy) is 1. The first-order chi connectivity index (χ1) is 12.8. The number of anilines is 2. The fraction of sp³-hybridized carbons (Fsp3) is 0.176. The number of pyridine rings is 1. The fourth-order valence-electron chi connectivity index (χ4n) is 2.22. The number of carbonyl (C=O) groups excluding carboxylic acids is 3. The summed E-state index contributed by atoms with van der Waals surface area (Å²) in [5.41, 5.74) is 0.763. The first-order valence-electron chi connectivity index (χ1n) is 7.73. The van der Waals surface area contributed by atoms with Crippen LogP contribution in [0.4, 0.5) is 11.5 Å². The van der Waals surface area contributed by atoms with Crippen molar-refractivity contribution in [3.8, 4) is 0 Å². The number of rotatable bonds is 4. The summed E-state index contributed by atoms with van der Waals surface area (Å²) in [4.78, 5) is 40.8. The minimum absolute atomic E-state index is 0.113. The Hall–Kier alpha value is -2.29. The molecule has 1 aromatic carbocycles. The molecule has 1 unspecified atom stereocenters. The normalized spacial score (nSPS) is 14.0. The molecule has 10 heteroatoms. The SMILES string of the molecule is CC(OC(=O)c1ccc2c(c1)NC(=O)CS2)C(=O)Nc1ncc(Cl)cc1Cl. The molecule has 3 rings (SSSR count). The second kappa shape index (κ2) is 8.16. The van der Waals surface area contributed by atoms with Gasteiger partial charge in [0.05, 0.1) is 27.0 Å². The number of hydrogen-bond donors (Lipinski definition) is 2. The monoisotopic (exact) mass is 425 g/mol. The summed E-state index contributed by atoms with van der Waals surface area (Å²) in [5, 5.41) is 5.66. The third-order valence-electron chi connectivity index (χ3n) is 3.55. The quantitative estimate of drug-likeness (QED) is 0.725. The van der Waals surface area contributed by atoms with Crippen molar-refractivity contribution in [1.29, 1.82) is 0 Å². The van der Waals surface area contributed by atoms with Crippen LogP contribution in [0.15, 0.2) is 35.4 Å². The van der Waals surface area contributed by atoms with Gasteiger partial charge in [-0.1, -0.05) is 23.2 Å². The molecule has 1 aliphatic rings. The second-order valence-electron chi connectivity index (χ2n) is 5.57. The molecule has 1 atom stereocenters.